The van der Waals surface area contributed by atoms with Crippen LogP contribution in [0.15, 0.2) is 54.6 Å². The Kier molecular flexibility index (Phi) is 5.80. The molecule has 0 spiro atoms. The van der Waals surface area contributed by atoms with Crippen molar-refractivity contribution in [1.29, 1.82) is 0 Å². The third-order valence-electron chi connectivity index (χ3n) is 5.72. The van der Waals surface area contributed by atoms with Gasteiger partial charge in [-0.05, 0) is 56.2 Å². The smallest absolute Gasteiger partial charge is 0.257 e. The molecule has 0 unspecified atom stereocenters. The average molecular weight is 418 g/mol. The van der Waals surface area contributed by atoms with Crippen LogP contribution < -0.4 is 10.1 Å². The number of benzene rings is 2. The van der Waals surface area contributed by atoms with Gasteiger partial charge >= 0.3 is 0 Å². The van der Waals surface area contributed by atoms with E-state index in [0.29, 0.717) is 18.5 Å². The minimum Gasteiger partial charge on any atom is -0.497 e. The van der Waals surface area contributed by atoms with Gasteiger partial charge in [0, 0.05) is 48.3 Å². The molecule has 1 aromatic heterocycles. The lowest BCUT2D eigenvalue weighted by Gasteiger charge is -2.16. The van der Waals surface area contributed by atoms with Crippen LogP contribution in [-0.4, -0.2) is 34.9 Å². The second-order valence-corrected chi connectivity index (χ2v) is 7.90. The molecule has 6 nitrogen and oxygen atoms in total. The van der Waals surface area contributed by atoms with Crippen LogP contribution in [0.5, 0.6) is 5.75 Å². The van der Waals surface area contributed by atoms with E-state index in [2.05, 4.69) is 5.32 Å². The minimum atomic E-state index is -0.156. The van der Waals surface area contributed by atoms with E-state index in [1.807, 2.05) is 77.9 Å². The number of carbonyl (C=O) groups excluding carboxylic acids is 2. The number of ether oxygens (including phenoxy) is 1. The second-order valence-electron chi connectivity index (χ2n) is 7.90. The highest BCUT2D eigenvalue weighted by Crippen LogP contribution is 2.25. The summed E-state index contributed by atoms with van der Waals surface area (Å²) < 4.78 is 7.39. The van der Waals surface area contributed by atoms with E-state index in [4.69, 9.17) is 4.74 Å². The monoisotopic (exact) mass is 417 g/mol. The Morgan fingerprint density at radius 2 is 1.90 bits per heavy atom. The molecule has 1 aliphatic heterocycles. The van der Waals surface area contributed by atoms with E-state index in [9.17, 15) is 9.59 Å². The van der Waals surface area contributed by atoms with Gasteiger partial charge in [0.2, 0.25) is 5.91 Å². The Bertz CT molecular complexity index is 1130. The Morgan fingerprint density at radius 1 is 1.10 bits per heavy atom. The number of nitrogens with zero attached hydrogens (tertiary/aromatic N) is 2. The molecule has 4 rings (SSSR count). The fraction of sp³-hybridized carbons (Fsp3) is 0.280. The molecule has 0 bridgehead atoms. The lowest BCUT2D eigenvalue weighted by molar-refractivity contribution is -0.128. The highest BCUT2D eigenvalue weighted by atomic mass is 16.5. The second kappa shape index (κ2) is 8.68. The van der Waals surface area contributed by atoms with Crippen molar-refractivity contribution in [3.8, 4) is 11.4 Å². The number of hydrogen-bond acceptors (Lipinski definition) is 3. The molecule has 1 N–H and O–H groups in total. The van der Waals surface area contributed by atoms with Crippen molar-refractivity contribution in [3.63, 3.8) is 0 Å². The average Bonchev–Trinajstić information content (AvgIpc) is 3.30. The number of aryl methyl sites for hydroxylation is 1. The number of methoxy groups -OCH3 is 1. The molecule has 3 aromatic rings. The molecule has 0 radical (unpaired) electrons. The van der Waals surface area contributed by atoms with Crippen LogP contribution in [0.2, 0.25) is 0 Å². The van der Waals surface area contributed by atoms with Crippen LogP contribution in [0.1, 0.15) is 40.2 Å². The molecule has 31 heavy (non-hydrogen) atoms. The van der Waals surface area contributed by atoms with Crippen molar-refractivity contribution in [2.45, 2.75) is 33.2 Å². The molecule has 160 valence electrons. The molecule has 2 aromatic carbocycles. The number of aromatic nitrogens is 1. The fourth-order valence-electron chi connectivity index (χ4n) is 4.18. The summed E-state index contributed by atoms with van der Waals surface area (Å²) in [7, 11) is 1.64. The number of rotatable bonds is 6. The van der Waals surface area contributed by atoms with Gasteiger partial charge in [0.15, 0.2) is 0 Å². The summed E-state index contributed by atoms with van der Waals surface area (Å²) in [4.78, 5) is 26.8. The summed E-state index contributed by atoms with van der Waals surface area (Å²) in [6.07, 6.45) is 1.54. The molecule has 0 aliphatic carbocycles. The summed E-state index contributed by atoms with van der Waals surface area (Å²) >= 11 is 0. The molecule has 0 atom stereocenters. The Balaban J connectivity index is 1.54. The first-order chi connectivity index (χ1) is 15.0. The molecule has 2 heterocycles. The van der Waals surface area contributed by atoms with Crippen molar-refractivity contribution in [1.82, 2.24) is 9.47 Å². The molecule has 2 amide bonds. The van der Waals surface area contributed by atoms with Gasteiger partial charge in [-0.1, -0.05) is 18.2 Å². The fourth-order valence-corrected chi connectivity index (χ4v) is 4.18. The summed E-state index contributed by atoms with van der Waals surface area (Å²) in [6.45, 7) is 5.30. The summed E-state index contributed by atoms with van der Waals surface area (Å²) in [5, 5.41) is 3.01. The van der Waals surface area contributed by atoms with Crippen LogP contribution in [0.25, 0.3) is 5.69 Å². The minimum absolute atomic E-state index is 0.156. The molecular formula is C25H27N3O3. The lowest BCUT2D eigenvalue weighted by Crippen LogP contribution is -2.23. The predicted octanol–water partition coefficient (Wildman–Crippen LogP) is 4.48. The van der Waals surface area contributed by atoms with E-state index >= 15 is 0 Å². The summed E-state index contributed by atoms with van der Waals surface area (Å²) in [6, 6.07) is 17.4. The zero-order valence-corrected chi connectivity index (χ0v) is 18.1. The van der Waals surface area contributed by atoms with Crippen LogP contribution >= 0.6 is 0 Å². The molecule has 1 aliphatic rings. The first kappa shape index (κ1) is 20.7. The van der Waals surface area contributed by atoms with Crippen molar-refractivity contribution >= 4 is 17.5 Å². The van der Waals surface area contributed by atoms with Crippen molar-refractivity contribution in [2.75, 3.05) is 19.0 Å². The summed E-state index contributed by atoms with van der Waals surface area (Å²) in [5.41, 5.74) is 5.14. The largest absolute Gasteiger partial charge is 0.497 e. The van der Waals surface area contributed by atoms with Crippen molar-refractivity contribution in [3.05, 3.63) is 77.1 Å². The molecular weight excluding hydrogens is 390 g/mol. The number of carbonyl (C=O) groups is 2. The Labute approximate surface area is 182 Å². The van der Waals surface area contributed by atoms with Crippen molar-refractivity contribution < 1.29 is 14.3 Å². The number of likely N-dealkylation sites (tertiary alicyclic amines) is 1. The Hall–Kier alpha value is -3.54. The quantitative estimate of drug-likeness (QED) is 0.643. The standard InChI is InChI=1S/C25H27N3O3/c1-17-13-23(18(2)28(17)21-9-5-10-22(15-21)31-3)25(30)26-20-8-4-7-19(14-20)16-27-12-6-11-24(27)29/h4-5,7-10,13-15H,6,11-12,16H2,1-3H3,(H,26,30). The summed E-state index contributed by atoms with van der Waals surface area (Å²) in [5.74, 6) is 0.806. The Morgan fingerprint density at radius 3 is 2.65 bits per heavy atom. The zero-order chi connectivity index (χ0) is 22.0. The third-order valence-corrected chi connectivity index (χ3v) is 5.72. The molecule has 6 heteroatoms. The van der Waals surface area contributed by atoms with E-state index in [-0.39, 0.29) is 11.8 Å². The van der Waals surface area contributed by atoms with Crippen LogP contribution in [0.4, 0.5) is 5.69 Å². The molecule has 0 saturated carbocycles. The van der Waals surface area contributed by atoms with E-state index in [0.717, 1.165) is 47.0 Å². The number of amides is 2. The highest BCUT2D eigenvalue weighted by molar-refractivity contribution is 6.05. The van der Waals surface area contributed by atoms with Gasteiger partial charge in [0.25, 0.3) is 5.91 Å². The van der Waals surface area contributed by atoms with Gasteiger partial charge in [-0.3, -0.25) is 9.59 Å². The van der Waals surface area contributed by atoms with Crippen LogP contribution in [0.3, 0.4) is 0 Å². The van der Waals surface area contributed by atoms with E-state index < -0.39 is 0 Å². The third kappa shape index (κ3) is 4.33. The van der Waals surface area contributed by atoms with E-state index in [1.165, 1.54) is 0 Å². The lowest BCUT2D eigenvalue weighted by atomic mass is 10.1. The van der Waals surface area contributed by atoms with Gasteiger partial charge in [0.1, 0.15) is 5.75 Å². The van der Waals surface area contributed by atoms with Gasteiger partial charge < -0.3 is 19.5 Å². The van der Waals surface area contributed by atoms with Crippen LogP contribution in [0, 0.1) is 13.8 Å². The normalized spacial score (nSPS) is 13.5. The SMILES string of the molecule is COc1cccc(-n2c(C)cc(C(=O)Nc3cccc(CN4CCCC4=O)c3)c2C)c1. The van der Waals surface area contributed by atoms with Gasteiger partial charge in [-0.25, -0.2) is 0 Å². The maximum absolute atomic E-state index is 13.0. The zero-order valence-electron chi connectivity index (χ0n) is 18.1. The van der Waals surface area contributed by atoms with Crippen LogP contribution in [-0.2, 0) is 11.3 Å². The number of anilines is 1. The van der Waals surface area contributed by atoms with Gasteiger partial charge in [0.05, 0.1) is 12.7 Å². The first-order valence-corrected chi connectivity index (χ1v) is 10.5. The topological polar surface area (TPSA) is 63.6 Å². The molecule has 1 saturated heterocycles. The number of hydrogen-bond donors (Lipinski definition) is 1. The van der Waals surface area contributed by atoms with Gasteiger partial charge in [-0.2, -0.15) is 0 Å². The maximum atomic E-state index is 13.0. The maximum Gasteiger partial charge on any atom is 0.257 e. The highest BCUT2D eigenvalue weighted by Gasteiger charge is 2.21. The van der Waals surface area contributed by atoms with E-state index in [1.54, 1.807) is 7.11 Å². The predicted molar refractivity (Wildman–Crippen MR) is 121 cm³/mol. The molecule has 1 fully saturated rings. The number of nitrogens with one attached hydrogen (secondary N) is 1. The first-order valence-electron chi connectivity index (χ1n) is 10.5. The van der Waals surface area contributed by atoms with Gasteiger partial charge in [-0.15, -0.1) is 0 Å². The van der Waals surface area contributed by atoms with Crippen molar-refractivity contribution in [2.24, 2.45) is 0 Å².